The molecule has 2 aliphatic carbocycles. The van der Waals surface area contributed by atoms with Crippen LogP contribution in [-0.2, 0) is 17.6 Å². The molecule has 4 rings (SSSR count). The number of aliphatic carboxylic acids is 1. The molecule has 2 N–H and O–H groups in total. The van der Waals surface area contributed by atoms with Crippen LogP contribution in [0.15, 0.2) is 77.0 Å². The lowest BCUT2D eigenvalue weighted by atomic mass is 9.77. The highest BCUT2D eigenvalue weighted by atomic mass is 19.3. The van der Waals surface area contributed by atoms with E-state index < -0.39 is 12.1 Å². The van der Waals surface area contributed by atoms with E-state index in [0.29, 0.717) is 18.2 Å². The molecule has 6 heteroatoms. The second-order valence-electron chi connectivity index (χ2n) is 9.65. The van der Waals surface area contributed by atoms with Crippen molar-refractivity contribution in [1.82, 2.24) is 5.32 Å². The first-order chi connectivity index (χ1) is 17.2. The van der Waals surface area contributed by atoms with Crippen LogP contribution in [0.2, 0.25) is 0 Å². The number of halogens is 2. The fourth-order valence-electron chi connectivity index (χ4n) is 5.16. The molecule has 0 bridgehead atoms. The molecule has 0 heterocycles. The van der Waals surface area contributed by atoms with Gasteiger partial charge in [-0.3, -0.25) is 0 Å². The van der Waals surface area contributed by atoms with Gasteiger partial charge in [0, 0.05) is 18.3 Å². The number of allylic oxidation sites excluding steroid dienone is 3. The summed E-state index contributed by atoms with van der Waals surface area (Å²) in [5, 5.41) is 13.7. The van der Waals surface area contributed by atoms with Crippen molar-refractivity contribution in [2.45, 2.75) is 65.4 Å². The number of hydrogen-bond donors (Lipinski definition) is 2. The van der Waals surface area contributed by atoms with Crippen LogP contribution in [0.4, 0.5) is 8.78 Å². The van der Waals surface area contributed by atoms with E-state index in [1.165, 1.54) is 28.8 Å². The van der Waals surface area contributed by atoms with Crippen molar-refractivity contribution < 1.29 is 23.4 Å². The largest absolute Gasteiger partial charge is 0.478 e. The highest BCUT2D eigenvalue weighted by molar-refractivity contribution is 5.93. The average Bonchev–Trinajstić information content (AvgIpc) is 2.79. The number of rotatable bonds is 8. The SMILES string of the molecule is C/C=C(\C(C(=O)O)=C(/C)NC(=C1CCC1)c1ccc(OC(C)(F)F)cc1)C1CCc2ccccc2C1. The molecule has 2 aromatic rings. The highest BCUT2D eigenvalue weighted by Gasteiger charge is 2.28. The molecule has 1 unspecified atom stereocenters. The monoisotopic (exact) mass is 493 g/mol. The minimum atomic E-state index is -3.26. The third-order valence-corrected chi connectivity index (χ3v) is 7.04. The molecule has 190 valence electrons. The number of aryl methyl sites for hydroxylation is 1. The van der Waals surface area contributed by atoms with Crippen molar-refractivity contribution in [3.8, 4) is 5.75 Å². The number of alkyl halides is 2. The maximum absolute atomic E-state index is 13.2. The fourth-order valence-corrected chi connectivity index (χ4v) is 5.16. The number of fused-ring (bicyclic) bond motifs is 1. The Morgan fingerprint density at radius 3 is 2.31 bits per heavy atom. The van der Waals surface area contributed by atoms with Gasteiger partial charge in [0.2, 0.25) is 0 Å². The van der Waals surface area contributed by atoms with Crippen LogP contribution < -0.4 is 10.1 Å². The average molecular weight is 494 g/mol. The second kappa shape index (κ2) is 10.7. The van der Waals surface area contributed by atoms with Crippen LogP contribution in [0.1, 0.15) is 63.1 Å². The van der Waals surface area contributed by atoms with Gasteiger partial charge in [-0.2, -0.15) is 8.78 Å². The van der Waals surface area contributed by atoms with E-state index in [1.54, 1.807) is 19.1 Å². The van der Waals surface area contributed by atoms with Crippen LogP contribution in [-0.4, -0.2) is 17.2 Å². The zero-order chi connectivity index (χ0) is 25.9. The Morgan fingerprint density at radius 2 is 1.75 bits per heavy atom. The minimum Gasteiger partial charge on any atom is -0.478 e. The maximum Gasteiger partial charge on any atom is 0.394 e. The van der Waals surface area contributed by atoms with Gasteiger partial charge in [-0.15, -0.1) is 0 Å². The van der Waals surface area contributed by atoms with Gasteiger partial charge in [-0.25, -0.2) is 4.79 Å². The molecule has 4 nitrogen and oxygen atoms in total. The quantitative estimate of drug-likeness (QED) is 0.300. The first-order valence-corrected chi connectivity index (χ1v) is 12.5. The standard InChI is InChI=1S/C30H33F2NO3/c1-4-26(24-13-12-20-8-5-6-9-23(20)18-24)27(29(34)35)19(2)33-28(21-10-7-11-21)22-14-16-25(17-15-22)36-30(3,31)32/h4-6,8-9,14-17,24,33H,7,10-13,18H2,1-3H3,(H,34,35)/b26-4-,27-19-. The Bertz CT molecular complexity index is 1210. The van der Waals surface area contributed by atoms with Gasteiger partial charge in [0.1, 0.15) is 5.75 Å². The first-order valence-electron chi connectivity index (χ1n) is 12.5. The summed E-state index contributed by atoms with van der Waals surface area (Å²) in [6.45, 7) is 4.41. The Balaban J connectivity index is 1.63. The van der Waals surface area contributed by atoms with Crippen molar-refractivity contribution in [2.24, 2.45) is 5.92 Å². The Hall–Kier alpha value is -3.41. The van der Waals surface area contributed by atoms with Gasteiger partial charge in [0.25, 0.3) is 0 Å². The zero-order valence-electron chi connectivity index (χ0n) is 21.0. The molecule has 0 aromatic heterocycles. The van der Waals surface area contributed by atoms with E-state index in [0.717, 1.165) is 55.4 Å². The topological polar surface area (TPSA) is 58.6 Å². The molecule has 0 radical (unpaired) electrons. The summed E-state index contributed by atoms with van der Waals surface area (Å²) in [7, 11) is 0. The molecule has 0 amide bonds. The number of carbonyl (C=O) groups is 1. The number of carboxylic acids is 1. The number of benzene rings is 2. The van der Waals surface area contributed by atoms with Gasteiger partial charge in [0.15, 0.2) is 0 Å². The lowest BCUT2D eigenvalue weighted by Gasteiger charge is -2.29. The summed E-state index contributed by atoms with van der Waals surface area (Å²) in [5.41, 5.74) is 7.18. The van der Waals surface area contributed by atoms with Crippen molar-refractivity contribution in [3.05, 3.63) is 93.7 Å². The molecule has 1 atom stereocenters. The summed E-state index contributed by atoms with van der Waals surface area (Å²) < 4.78 is 31.1. The molecule has 0 saturated heterocycles. The Kier molecular flexibility index (Phi) is 7.62. The third kappa shape index (κ3) is 5.86. The molecule has 0 spiro atoms. The van der Waals surface area contributed by atoms with E-state index in [1.807, 2.05) is 25.1 Å². The molecule has 0 aliphatic heterocycles. The number of nitrogens with one attached hydrogen (secondary N) is 1. The smallest absolute Gasteiger partial charge is 0.394 e. The van der Waals surface area contributed by atoms with Gasteiger partial charge >= 0.3 is 12.1 Å². The summed E-state index contributed by atoms with van der Waals surface area (Å²) >= 11 is 0. The van der Waals surface area contributed by atoms with Crippen LogP contribution in [0, 0.1) is 5.92 Å². The normalized spacial score (nSPS) is 18.5. The number of hydrogen-bond acceptors (Lipinski definition) is 3. The molecule has 1 saturated carbocycles. The summed E-state index contributed by atoms with van der Waals surface area (Å²) in [4.78, 5) is 12.5. The van der Waals surface area contributed by atoms with E-state index >= 15 is 0 Å². The summed E-state index contributed by atoms with van der Waals surface area (Å²) in [6, 6.07) is 14.9. The lowest BCUT2D eigenvalue weighted by molar-refractivity contribution is -0.159. The predicted molar refractivity (Wildman–Crippen MR) is 138 cm³/mol. The Labute approximate surface area is 211 Å². The summed E-state index contributed by atoms with van der Waals surface area (Å²) in [5.74, 6) is -0.755. The van der Waals surface area contributed by atoms with Crippen LogP contribution >= 0.6 is 0 Å². The van der Waals surface area contributed by atoms with E-state index in [4.69, 9.17) is 0 Å². The Morgan fingerprint density at radius 1 is 1.08 bits per heavy atom. The molecule has 1 fully saturated rings. The van der Waals surface area contributed by atoms with Crippen LogP contribution in [0.3, 0.4) is 0 Å². The van der Waals surface area contributed by atoms with Gasteiger partial charge in [-0.1, -0.05) is 30.3 Å². The fraction of sp³-hybridized carbons (Fsp3) is 0.367. The third-order valence-electron chi connectivity index (χ3n) is 7.04. The first kappa shape index (κ1) is 25.7. The summed E-state index contributed by atoms with van der Waals surface area (Å²) in [6.07, 6.45) is 4.22. The van der Waals surface area contributed by atoms with E-state index in [2.05, 4.69) is 22.2 Å². The number of carboxylic acid groups (broad SMARTS) is 1. The highest BCUT2D eigenvalue weighted by Crippen LogP contribution is 2.37. The minimum absolute atomic E-state index is 0.0801. The zero-order valence-corrected chi connectivity index (χ0v) is 21.0. The molecule has 36 heavy (non-hydrogen) atoms. The van der Waals surface area contributed by atoms with Gasteiger partial charge < -0.3 is 15.2 Å². The van der Waals surface area contributed by atoms with E-state index in [-0.39, 0.29) is 11.7 Å². The lowest BCUT2D eigenvalue weighted by Crippen LogP contribution is -2.24. The second-order valence-corrected chi connectivity index (χ2v) is 9.65. The molecule has 2 aromatic carbocycles. The van der Waals surface area contributed by atoms with E-state index in [9.17, 15) is 18.7 Å². The van der Waals surface area contributed by atoms with Crippen molar-refractivity contribution in [1.29, 1.82) is 0 Å². The van der Waals surface area contributed by atoms with Gasteiger partial charge in [0.05, 0.1) is 5.57 Å². The van der Waals surface area contributed by atoms with Crippen LogP contribution in [0.25, 0.3) is 5.70 Å². The van der Waals surface area contributed by atoms with Gasteiger partial charge in [-0.05, 0) is 110 Å². The van der Waals surface area contributed by atoms with Crippen molar-refractivity contribution >= 4 is 11.7 Å². The van der Waals surface area contributed by atoms with Crippen LogP contribution in [0.5, 0.6) is 5.75 Å². The predicted octanol–water partition coefficient (Wildman–Crippen LogP) is 7.27. The molecule has 2 aliphatic rings. The maximum atomic E-state index is 13.2. The van der Waals surface area contributed by atoms with Crippen molar-refractivity contribution in [3.63, 3.8) is 0 Å². The molecular formula is C30H33F2NO3. The van der Waals surface area contributed by atoms with Crippen molar-refractivity contribution in [2.75, 3.05) is 0 Å². The molecular weight excluding hydrogens is 460 g/mol. The number of ether oxygens (including phenoxy) is 1.